The summed E-state index contributed by atoms with van der Waals surface area (Å²) >= 11 is 0. The highest BCUT2D eigenvalue weighted by molar-refractivity contribution is 7.90. The number of sulfone groups is 1. The van der Waals surface area contributed by atoms with E-state index in [9.17, 15) is 8.42 Å². The first-order chi connectivity index (χ1) is 5.86. The smallest absolute Gasteiger partial charge is 0.147 e. The lowest BCUT2D eigenvalue weighted by molar-refractivity contribution is 0.386. The van der Waals surface area contributed by atoms with Crippen molar-refractivity contribution in [2.24, 2.45) is 11.1 Å². The standard InChI is InChI=1S/C9H19NO2S/c1-8(10)9(5-6-9)4-3-7-13(2,11)12/h8H,3-7,10H2,1-2H3. The first kappa shape index (κ1) is 11.0. The van der Waals surface area contributed by atoms with Crippen molar-refractivity contribution in [3.8, 4) is 0 Å². The summed E-state index contributed by atoms with van der Waals surface area (Å²) < 4.78 is 21.8. The Labute approximate surface area is 80.6 Å². The molecule has 4 heteroatoms. The molecule has 0 aliphatic heterocycles. The quantitative estimate of drug-likeness (QED) is 0.726. The second kappa shape index (κ2) is 3.58. The van der Waals surface area contributed by atoms with E-state index in [0.717, 1.165) is 12.8 Å². The van der Waals surface area contributed by atoms with Gasteiger partial charge in [-0.15, -0.1) is 0 Å². The summed E-state index contributed by atoms with van der Waals surface area (Å²) in [5, 5.41) is 0. The lowest BCUT2D eigenvalue weighted by atomic mass is 9.93. The summed E-state index contributed by atoms with van der Waals surface area (Å²) in [6.45, 7) is 2.02. The van der Waals surface area contributed by atoms with Crippen molar-refractivity contribution in [3.05, 3.63) is 0 Å². The van der Waals surface area contributed by atoms with Gasteiger partial charge >= 0.3 is 0 Å². The Kier molecular flexibility index (Phi) is 3.02. The van der Waals surface area contributed by atoms with Crippen LogP contribution in [0.4, 0.5) is 0 Å². The number of hydrogen-bond acceptors (Lipinski definition) is 3. The molecule has 0 saturated heterocycles. The van der Waals surface area contributed by atoms with Crippen LogP contribution in [0, 0.1) is 5.41 Å². The zero-order valence-electron chi connectivity index (χ0n) is 8.41. The van der Waals surface area contributed by atoms with Gasteiger partial charge in [0.25, 0.3) is 0 Å². The molecule has 1 rings (SSSR count). The fourth-order valence-electron chi connectivity index (χ4n) is 1.78. The van der Waals surface area contributed by atoms with E-state index in [2.05, 4.69) is 0 Å². The molecule has 1 atom stereocenters. The minimum atomic E-state index is -2.79. The molecule has 0 spiro atoms. The third-order valence-electron chi connectivity index (χ3n) is 3.05. The van der Waals surface area contributed by atoms with Gasteiger partial charge in [0.15, 0.2) is 0 Å². The monoisotopic (exact) mass is 205 g/mol. The average molecular weight is 205 g/mol. The van der Waals surface area contributed by atoms with Crippen molar-refractivity contribution < 1.29 is 8.42 Å². The Bertz CT molecular complexity index is 265. The van der Waals surface area contributed by atoms with Crippen LogP contribution in [0.2, 0.25) is 0 Å². The molecule has 0 heterocycles. The van der Waals surface area contributed by atoms with E-state index in [4.69, 9.17) is 5.73 Å². The van der Waals surface area contributed by atoms with Gasteiger partial charge in [-0.2, -0.15) is 0 Å². The molecule has 0 aromatic heterocycles. The van der Waals surface area contributed by atoms with Gasteiger partial charge in [-0.1, -0.05) is 0 Å². The maximum Gasteiger partial charge on any atom is 0.147 e. The number of nitrogens with two attached hydrogens (primary N) is 1. The van der Waals surface area contributed by atoms with Crippen LogP contribution < -0.4 is 5.73 Å². The lowest BCUT2D eigenvalue weighted by Gasteiger charge is -2.18. The van der Waals surface area contributed by atoms with Gasteiger partial charge < -0.3 is 5.73 Å². The Hall–Kier alpha value is -0.0900. The zero-order chi connectivity index (χ0) is 10.1. The summed E-state index contributed by atoms with van der Waals surface area (Å²) in [4.78, 5) is 0. The van der Waals surface area contributed by atoms with Crippen LogP contribution in [0.1, 0.15) is 32.6 Å². The first-order valence-electron chi connectivity index (χ1n) is 4.79. The summed E-state index contributed by atoms with van der Waals surface area (Å²) in [6.07, 6.45) is 5.37. The van der Waals surface area contributed by atoms with E-state index in [1.165, 1.54) is 19.1 Å². The molecular weight excluding hydrogens is 186 g/mol. The highest BCUT2D eigenvalue weighted by Gasteiger charge is 2.44. The molecule has 0 bridgehead atoms. The molecule has 0 aromatic carbocycles. The average Bonchev–Trinajstić information content (AvgIpc) is 2.65. The summed E-state index contributed by atoms with van der Waals surface area (Å²) in [6, 6.07) is 0.215. The third kappa shape index (κ3) is 3.27. The summed E-state index contributed by atoms with van der Waals surface area (Å²) in [5.41, 5.74) is 6.12. The highest BCUT2D eigenvalue weighted by atomic mass is 32.2. The van der Waals surface area contributed by atoms with E-state index in [-0.39, 0.29) is 11.5 Å². The molecule has 2 N–H and O–H groups in total. The predicted molar refractivity (Wildman–Crippen MR) is 54.3 cm³/mol. The second-order valence-corrected chi connectivity index (χ2v) is 6.64. The molecule has 0 aromatic rings. The first-order valence-corrected chi connectivity index (χ1v) is 6.85. The third-order valence-corrected chi connectivity index (χ3v) is 4.08. The van der Waals surface area contributed by atoms with Crippen LogP contribution in [0.15, 0.2) is 0 Å². The molecule has 1 saturated carbocycles. The van der Waals surface area contributed by atoms with Crippen LogP contribution in [-0.2, 0) is 9.84 Å². The minimum absolute atomic E-state index is 0.215. The minimum Gasteiger partial charge on any atom is -0.327 e. The molecule has 1 aliphatic rings. The van der Waals surface area contributed by atoms with Crippen LogP contribution in [-0.4, -0.2) is 26.5 Å². The van der Waals surface area contributed by atoms with Crippen molar-refractivity contribution >= 4 is 9.84 Å². The Balaban J connectivity index is 2.28. The second-order valence-electron chi connectivity index (χ2n) is 4.38. The normalized spacial score (nSPS) is 22.7. The van der Waals surface area contributed by atoms with Crippen molar-refractivity contribution in [2.45, 2.75) is 38.6 Å². The van der Waals surface area contributed by atoms with Crippen molar-refractivity contribution in [2.75, 3.05) is 12.0 Å². The lowest BCUT2D eigenvalue weighted by Crippen LogP contribution is -2.28. The molecule has 0 radical (unpaired) electrons. The van der Waals surface area contributed by atoms with Crippen molar-refractivity contribution in [3.63, 3.8) is 0 Å². The fraction of sp³-hybridized carbons (Fsp3) is 1.00. The fourth-order valence-corrected chi connectivity index (χ4v) is 2.45. The molecule has 3 nitrogen and oxygen atoms in total. The SMILES string of the molecule is CC(N)C1(CCCS(C)(=O)=O)CC1. The van der Waals surface area contributed by atoms with Crippen LogP contribution in [0.25, 0.3) is 0 Å². The Morgan fingerprint density at radius 3 is 2.31 bits per heavy atom. The Morgan fingerprint density at radius 1 is 1.46 bits per heavy atom. The van der Waals surface area contributed by atoms with Gasteiger partial charge in [-0.3, -0.25) is 0 Å². The van der Waals surface area contributed by atoms with Crippen LogP contribution in [0.5, 0.6) is 0 Å². The van der Waals surface area contributed by atoms with E-state index < -0.39 is 9.84 Å². The zero-order valence-corrected chi connectivity index (χ0v) is 9.23. The molecule has 1 fully saturated rings. The van der Waals surface area contributed by atoms with Gasteiger partial charge in [-0.25, -0.2) is 8.42 Å². The number of rotatable bonds is 5. The summed E-state index contributed by atoms with van der Waals surface area (Å²) in [7, 11) is -2.79. The molecular formula is C9H19NO2S. The number of hydrogen-bond donors (Lipinski definition) is 1. The molecule has 78 valence electrons. The van der Waals surface area contributed by atoms with Crippen molar-refractivity contribution in [1.29, 1.82) is 0 Å². The predicted octanol–water partition coefficient (Wildman–Crippen LogP) is 0.939. The van der Waals surface area contributed by atoms with E-state index >= 15 is 0 Å². The molecule has 13 heavy (non-hydrogen) atoms. The Morgan fingerprint density at radius 2 is 2.00 bits per heavy atom. The van der Waals surface area contributed by atoms with Gasteiger partial charge in [0, 0.05) is 18.1 Å². The summed E-state index contributed by atoms with van der Waals surface area (Å²) in [5.74, 6) is 0.307. The van der Waals surface area contributed by atoms with Gasteiger partial charge in [0.2, 0.25) is 0 Å². The van der Waals surface area contributed by atoms with Gasteiger partial charge in [0.05, 0.1) is 0 Å². The molecule has 1 unspecified atom stereocenters. The van der Waals surface area contributed by atoms with Crippen molar-refractivity contribution in [1.82, 2.24) is 0 Å². The van der Waals surface area contributed by atoms with Crippen LogP contribution >= 0.6 is 0 Å². The largest absolute Gasteiger partial charge is 0.327 e. The highest BCUT2D eigenvalue weighted by Crippen LogP contribution is 2.51. The molecule has 0 amide bonds. The van der Waals surface area contributed by atoms with E-state index in [1.807, 2.05) is 6.92 Å². The maximum atomic E-state index is 10.9. The van der Waals surface area contributed by atoms with E-state index in [0.29, 0.717) is 5.75 Å². The van der Waals surface area contributed by atoms with Gasteiger partial charge in [0.1, 0.15) is 9.84 Å². The van der Waals surface area contributed by atoms with Gasteiger partial charge in [-0.05, 0) is 38.0 Å². The molecule has 1 aliphatic carbocycles. The van der Waals surface area contributed by atoms with Crippen LogP contribution in [0.3, 0.4) is 0 Å². The topological polar surface area (TPSA) is 60.2 Å². The van der Waals surface area contributed by atoms with E-state index in [1.54, 1.807) is 0 Å². The maximum absolute atomic E-state index is 10.9.